The molecule has 5 heteroatoms. The van der Waals surface area contributed by atoms with E-state index in [0.29, 0.717) is 23.7 Å². The van der Waals surface area contributed by atoms with Gasteiger partial charge in [0.05, 0.1) is 7.11 Å². The third kappa shape index (κ3) is 3.37. The molecule has 18 heavy (non-hydrogen) atoms. The second kappa shape index (κ2) is 6.07. The number of hydrogen-bond donors (Lipinski definition) is 2. The van der Waals surface area contributed by atoms with Crippen molar-refractivity contribution in [1.82, 2.24) is 5.32 Å². The van der Waals surface area contributed by atoms with Gasteiger partial charge in [0.2, 0.25) is 0 Å². The van der Waals surface area contributed by atoms with Gasteiger partial charge in [-0.2, -0.15) is 0 Å². The van der Waals surface area contributed by atoms with Crippen molar-refractivity contribution >= 4 is 17.6 Å². The number of benzene rings is 1. The standard InChI is InChI=1S/C13H18ClNO3/c1-4-13(2,12(16)17)15-8-9-7-10(14)5-6-11(9)18-3/h5-7,15H,4,8H2,1-3H3,(H,16,17). The highest BCUT2D eigenvalue weighted by atomic mass is 35.5. The van der Waals surface area contributed by atoms with Gasteiger partial charge in [-0.25, -0.2) is 0 Å². The highest BCUT2D eigenvalue weighted by molar-refractivity contribution is 6.30. The molecule has 0 radical (unpaired) electrons. The molecule has 1 aromatic carbocycles. The minimum absolute atomic E-state index is 0.389. The fourth-order valence-corrected chi connectivity index (χ4v) is 1.72. The average molecular weight is 272 g/mol. The van der Waals surface area contributed by atoms with E-state index in [0.717, 1.165) is 5.56 Å². The van der Waals surface area contributed by atoms with Crippen LogP contribution in [0.3, 0.4) is 0 Å². The molecule has 0 spiro atoms. The number of rotatable bonds is 6. The Morgan fingerprint density at radius 2 is 2.22 bits per heavy atom. The van der Waals surface area contributed by atoms with Gasteiger partial charge in [0.25, 0.3) is 0 Å². The van der Waals surface area contributed by atoms with E-state index < -0.39 is 11.5 Å². The number of ether oxygens (including phenoxy) is 1. The SMILES string of the molecule is CCC(C)(NCc1cc(Cl)ccc1OC)C(=O)O. The molecule has 0 heterocycles. The lowest BCUT2D eigenvalue weighted by molar-refractivity contribution is -0.144. The number of halogens is 1. The summed E-state index contributed by atoms with van der Waals surface area (Å²) in [6.45, 7) is 3.88. The molecule has 0 fully saturated rings. The second-order valence-electron chi connectivity index (χ2n) is 4.30. The second-order valence-corrected chi connectivity index (χ2v) is 4.74. The molecule has 0 aliphatic heterocycles. The minimum atomic E-state index is -0.951. The fraction of sp³-hybridized carbons (Fsp3) is 0.462. The van der Waals surface area contributed by atoms with Crippen LogP contribution in [-0.4, -0.2) is 23.7 Å². The molecule has 0 amide bonds. The summed E-state index contributed by atoms with van der Waals surface area (Å²) in [6.07, 6.45) is 0.491. The van der Waals surface area contributed by atoms with Crippen molar-refractivity contribution in [3.8, 4) is 5.75 Å². The molecule has 0 saturated heterocycles. The Bertz CT molecular complexity index is 436. The Morgan fingerprint density at radius 3 is 2.72 bits per heavy atom. The molecule has 0 saturated carbocycles. The van der Waals surface area contributed by atoms with Crippen LogP contribution in [0.4, 0.5) is 0 Å². The summed E-state index contributed by atoms with van der Waals surface area (Å²) in [5, 5.41) is 12.8. The highest BCUT2D eigenvalue weighted by Crippen LogP contribution is 2.23. The van der Waals surface area contributed by atoms with E-state index >= 15 is 0 Å². The van der Waals surface area contributed by atoms with Crippen LogP contribution in [0.25, 0.3) is 0 Å². The summed E-state index contributed by atoms with van der Waals surface area (Å²) in [5.74, 6) is -0.179. The summed E-state index contributed by atoms with van der Waals surface area (Å²) in [4.78, 5) is 11.2. The normalized spacial score (nSPS) is 14.0. The van der Waals surface area contributed by atoms with E-state index in [4.69, 9.17) is 16.3 Å². The number of carboxylic acids is 1. The summed E-state index contributed by atoms with van der Waals surface area (Å²) in [5.41, 5.74) is -0.112. The van der Waals surface area contributed by atoms with Gasteiger partial charge in [-0.05, 0) is 31.5 Å². The first kappa shape index (κ1) is 14.8. The van der Waals surface area contributed by atoms with Gasteiger partial charge in [0, 0.05) is 17.1 Å². The maximum atomic E-state index is 11.2. The van der Waals surface area contributed by atoms with Gasteiger partial charge in [0.1, 0.15) is 11.3 Å². The minimum Gasteiger partial charge on any atom is -0.496 e. The predicted molar refractivity (Wildman–Crippen MR) is 71.2 cm³/mol. The van der Waals surface area contributed by atoms with E-state index in [1.807, 2.05) is 6.92 Å². The first-order valence-corrected chi connectivity index (χ1v) is 6.11. The van der Waals surface area contributed by atoms with E-state index in [9.17, 15) is 9.90 Å². The van der Waals surface area contributed by atoms with Crippen LogP contribution in [0.1, 0.15) is 25.8 Å². The Hall–Kier alpha value is -1.26. The molecule has 100 valence electrons. The monoisotopic (exact) mass is 271 g/mol. The van der Waals surface area contributed by atoms with Crippen molar-refractivity contribution in [2.24, 2.45) is 0 Å². The van der Waals surface area contributed by atoms with Crippen molar-refractivity contribution in [1.29, 1.82) is 0 Å². The van der Waals surface area contributed by atoms with E-state index in [1.165, 1.54) is 0 Å². The van der Waals surface area contributed by atoms with E-state index in [-0.39, 0.29) is 0 Å². The number of nitrogens with one attached hydrogen (secondary N) is 1. The van der Waals surface area contributed by atoms with Crippen molar-refractivity contribution < 1.29 is 14.6 Å². The quantitative estimate of drug-likeness (QED) is 0.835. The lowest BCUT2D eigenvalue weighted by Crippen LogP contribution is -2.48. The van der Waals surface area contributed by atoms with Gasteiger partial charge in [0.15, 0.2) is 0 Å². The topological polar surface area (TPSA) is 58.6 Å². The maximum Gasteiger partial charge on any atom is 0.323 e. The van der Waals surface area contributed by atoms with Crippen LogP contribution in [0, 0.1) is 0 Å². The first-order chi connectivity index (χ1) is 8.42. The fourth-order valence-electron chi connectivity index (χ4n) is 1.53. The Kier molecular flexibility index (Phi) is 4.99. The van der Waals surface area contributed by atoms with Crippen LogP contribution in [0.2, 0.25) is 5.02 Å². The zero-order chi connectivity index (χ0) is 13.8. The molecule has 0 bridgehead atoms. The summed E-state index contributed by atoms with van der Waals surface area (Å²) in [7, 11) is 1.57. The molecule has 1 unspecified atom stereocenters. The van der Waals surface area contributed by atoms with Crippen molar-refractivity contribution in [2.45, 2.75) is 32.4 Å². The van der Waals surface area contributed by atoms with Gasteiger partial charge in [-0.1, -0.05) is 18.5 Å². The van der Waals surface area contributed by atoms with Crippen LogP contribution < -0.4 is 10.1 Å². The molecular weight excluding hydrogens is 254 g/mol. The van der Waals surface area contributed by atoms with Gasteiger partial charge < -0.3 is 9.84 Å². The molecule has 1 aromatic rings. The van der Waals surface area contributed by atoms with Crippen molar-refractivity contribution in [2.75, 3.05) is 7.11 Å². The maximum absolute atomic E-state index is 11.2. The van der Waals surface area contributed by atoms with E-state index in [1.54, 1.807) is 32.2 Å². The number of carbonyl (C=O) groups is 1. The summed E-state index contributed by atoms with van der Waals surface area (Å²) < 4.78 is 5.21. The Balaban J connectivity index is 2.85. The van der Waals surface area contributed by atoms with Crippen LogP contribution >= 0.6 is 11.6 Å². The Labute approximate surface area is 112 Å². The first-order valence-electron chi connectivity index (χ1n) is 5.73. The summed E-state index contributed by atoms with van der Waals surface area (Å²) in [6, 6.07) is 5.27. The lowest BCUT2D eigenvalue weighted by Gasteiger charge is -2.25. The third-order valence-electron chi connectivity index (χ3n) is 3.09. The highest BCUT2D eigenvalue weighted by Gasteiger charge is 2.30. The van der Waals surface area contributed by atoms with Crippen molar-refractivity contribution in [3.05, 3.63) is 28.8 Å². The average Bonchev–Trinajstić information content (AvgIpc) is 2.35. The molecular formula is C13H18ClNO3. The zero-order valence-electron chi connectivity index (χ0n) is 10.8. The molecule has 2 N–H and O–H groups in total. The largest absolute Gasteiger partial charge is 0.496 e. The van der Waals surface area contributed by atoms with Crippen molar-refractivity contribution in [3.63, 3.8) is 0 Å². The van der Waals surface area contributed by atoms with E-state index in [2.05, 4.69) is 5.32 Å². The van der Waals surface area contributed by atoms with Gasteiger partial charge in [-0.15, -0.1) is 0 Å². The molecule has 0 aliphatic carbocycles. The van der Waals surface area contributed by atoms with Gasteiger partial charge >= 0.3 is 5.97 Å². The predicted octanol–water partition coefficient (Wildman–Crippen LogP) is 2.69. The molecule has 1 atom stereocenters. The van der Waals surface area contributed by atoms with Crippen LogP contribution in [0.5, 0.6) is 5.75 Å². The molecule has 0 aliphatic rings. The Morgan fingerprint density at radius 1 is 1.56 bits per heavy atom. The number of hydrogen-bond acceptors (Lipinski definition) is 3. The summed E-state index contributed by atoms with van der Waals surface area (Å²) >= 11 is 5.92. The smallest absolute Gasteiger partial charge is 0.323 e. The lowest BCUT2D eigenvalue weighted by atomic mass is 9.98. The zero-order valence-corrected chi connectivity index (χ0v) is 11.5. The molecule has 0 aromatic heterocycles. The van der Waals surface area contributed by atoms with Crippen LogP contribution in [0.15, 0.2) is 18.2 Å². The number of methoxy groups -OCH3 is 1. The van der Waals surface area contributed by atoms with Gasteiger partial charge in [-0.3, -0.25) is 10.1 Å². The third-order valence-corrected chi connectivity index (χ3v) is 3.33. The van der Waals surface area contributed by atoms with Crippen LogP contribution in [-0.2, 0) is 11.3 Å². The molecule has 1 rings (SSSR count). The molecule has 4 nitrogen and oxygen atoms in total. The number of aliphatic carboxylic acids is 1. The number of carboxylic acid groups (broad SMARTS) is 1.